The smallest absolute Gasteiger partial charge is 0.242 e. The topological polar surface area (TPSA) is 65.7 Å². The van der Waals surface area contributed by atoms with E-state index in [0.29, 0.717) is 28.9 Å². The van der Waals surface area contributed by atoms with E-state index in [1.54, 1.807) is 17.9 Å². The SMILES string of the molecule is Cc1cc(C(C)(C)C)c(Cl)cc1-c1cc(OCc2ccccc2)c2c(-c3nc(Cl)nn3C)nccc2n1. The predicted molar refractivity (Wildman–Crippen MR) is 149 cm³/mol. The molecular weight excluding hydrogens is 505 g/mol. The van der Waals surface area contributed by atoms with Crippen molar-refractivity contribution < 1.29 is 4.74 Å². The molecule has 0 atom stereocenters. The maximum atomic E-state index is 6.76. The molecule has 0 aliphatic heterocycles. The Morgan fingerprint density at radius 3 is 2.41 bits per heavy atom. The average molecular weight is 532 g/mol. The van der Waals surface area contributed by atoms with Crippen molar-refractivity contribution in [3.8, 4) is 28.5 Å². The third-order valence-electron chi connectivity index (χ3n) is 6.27. The maximum absolute atomic E-state index is 6.76. The fourth-order valence-electron chi connectivity index (χ4n) is 4.39. The molecule has 0 fully saturated rings. The molecular formula is C29H27Cl2N5O. The van der Waals surface area contributed by atoms with Crippen molar-refractivity contribution in [2.45, 2.75) is 39.7 Å². The number of hydrogen-bond acceptors (Lipinski definition) is 5. The molecule has 0 bridgehead atoms. The standard InChI is InChI=1S/C29H27Cl2N5O/c1-17-13-20(29(2,3)4)21(30)14-19(17)23-15-24(37-16-18-9-7-6-8-10-18)25-22(33-23)11-12-32-26(25)27-34-28(31)35-36(27)5/h6-15H,16H2,1-5H3. The molecule has 5 aromatic rings. The highest BCUT2D eigenvalue weighted by Gasteiger charge is 2.22. The van der Waals surface area contributed by atoms with Crippen LogP contribution in [0.15, 0.2) is 60.8 Å². The Kier molecular flexibility index (Phi) is 6.65. The highest BCUT2D eigenvalue weighted by Crippen LogP contribution is 2.39. The molecule has 0 amide bonds. The summed E-state index contributed by atoms with van der Waals surface area (Å²) in [5, 5.41) is 5.79. The quantitative estimate of drug-likeness (QED) is 0.233. The van der Waals surface area contributed by atoms with Crippen molar-refractivity contribution >= 4 is 34.1 Å². The van der Waals surface area contributed by atoms with Gasteiger partial charge in [0, 0.05) is 29.9 Å². The molecule has 2 aromatic carbocycles. The average Bonchev–Trinajstić information content (AvgIpc) is 3.20. The maximum Gasteiger partial charge on any atom is 0.242 e. The Labute approximate surface area is 226 Å². The first-order valence-electron chi connectivity index (χ1n) is 12.0. The Morgan fingerprint density at radius 2 is 1.73 bits per heavy atom. The summed E-state index contributed by atoms with van der Waals surface area (Å²) in [5.74, 6) is 1.17. The third kappa shape index (κ3) is 5.04. The van der Waals surface area contributed by atoms with Gasteiger partial charge in [-0.2, -0.15) is 4.98 Å². The molecule has 37 heavy (non-hydrogen) atoms. The summed E-state index contributed by atoms with van der Waals surface area (Å²) in [5.41, 5.74) is 6.20. The van der Waals surface area contributed by atoms with E-state index in [-0.39, 0.29) is 10.7 Å². The molecule has 0 radical (unpaired) electrons. The van der Waals surface area contributed by atoms with Crippen LogP contribution in [0, 0.1) is 6.92 Å². The van der Waals surface area contributed by atoms with Crippen molar-refractivity contribution in [3.63, 3.8) is 0 Å². The summed E-state index contributed by atoms with van der Waals surface area (Å²) in [4.78, 5) is 14.0. The first kappa shape index (κ1) is 25.2. The molecule has 0 aliphatic carbocycles. The lowest BCUT2D eigenvalue weighted by Crippen LogP contribution is -2.12. The monoisotopic (exact) mass is 531 g/mol. The molecule has 0 N–H and O–H groups in total. The number of rotatable bonds is 5. The molecule has 8 heteroatoms. The van der Waals surface area contributed by atoms with E-state index < -0.39 is 0 Å². The van der Waals surface area contributed by atoms with Crippen LogP contribution in [0.2, 0.25) is 10.3 Å². The number of hydrogen-bond donors (Lipinski definition) is 0. The Balaban J connectivity index is 1.71. The highest BCUT2D eigenvalue weighted by atomic mass is 35.5. The van der Waals surface area contributed by atoms with Gasteiger partial charge in [0.15, 0.2) is 5.82 Å². The van der Waals surface area contributed by atoms with E-state index in [4.69, 9.17) is 32.9 Å². The van der Waals surface area contributed by atoms with Gasteiger partial charge < -0.3 is 4.74 Å². The van der Waals surface area contributed by atoms with E-state index in [2.05, 4.69) is 48.8 Å². The molecule has 6 nitrogen and oxygen atoms in total. The molecule has 0 aliphatic rings. The molecule has 0 spiro atoms. The van der Waals surface area contributed by atoms with Gasteiger partial charge in [-0.15, -0.1) is 5.10 Å². The van der Waals surface area contributed by atoms with E-state index >= 15 is 0 Å². The Bertz CT molecular complexity index is 1610. The number of nitrogens with zero attached hydrogens (tertiary/aromatic N) is 5. The summed E-state index contributed by atoms with van der Waals surface area (Å²) in [6, 6.07) is 18.0. The van der Waals surface area contributed by atoms with Gasteiger partial charge >= 0.3 is 0 Å². The van der Waals surface area contributed by atoms with Crippen LogP contribution in [-0.2, 0) is 19.1 Å². The van der Waals surface area contributed by atoms with Gasteiger partial charge in [-0.3, -0.25) is 4.98 Å². The van der Waals surface area contributed by atoms with Crippen LogP contribution in [0.25, 0.3) is 33.7 Å². The van der Waals surface area contributed by atoms with Crippen LogP contribution >= 0.6 is 23.2 Å². The number of benzene rings is 2. The van der Waals surface area contributed by atoms with E-state index in [0.717, 1.165) is 38.9 Å². The second-order valence-electron chi connectivity index (χ2n) is 10.1. The second-order valence-corrected chi connectivity index (χ2v) is 10.8. The van der Waals surface area contributed by atoms with Gasteiger partial charge in [0.25, 0.3) is 0 Å². The third-order valence-corrected chi connectivity index (χ3v) is 6.74. The fourth-order valence-corrected chi connectivity index (χ4v) is 5.04. The van der Waals surface area contributed by atoms with Crippen LogP contribution in [0.1, 0.15) is 37.5 Å². The minimum Gasteiger partial charge on any atom is -0.488 e. The molecule has 0 unspecified atom stereocenters. The summed E-state index contributed by atoms with van der Waals surface area (Å²) in [7, 11) is 1.78. The van der Waals surface area contributed by atoms with Crippen molar-refractivity contribution in [1.29, 1.82) is 0 Å². The predicted octanol–water partition coefficient (Wildman–Crippen LogP) is 7.58. The second kappa shape index (κ2) is 9.77. The molecule has 3 heterocycles. The molecule has 3 aromatic heterocycles. The first-order chi connectivity index (χ1) is 17.6. The van der Waals surface area contributed by atoms with Gasteiger partial charge in [0.2, 0.25) is 5.28 Å². The highest BCUT2D eigenvalue weighted by molar-refractivity contribution is 6.31. The van der Waals surface area contributed by atoms with Gasteiger partial charge in [-0.05, 0) is 52.8 Å². The molecule has 0 saturated carbocycles. The van der Waals surface area contributed by atoms with E-state index in [1.807, 2.05) is 48.5 Å². The van der Waals surface area contributed by atoms with Crippen LogP contribution < -0.4 is 4.74 Å². The van der Waals surface area contributed by atoms with Crippen LogP contribution in [0.4, 0.5) is 0 Å². The fraction of sp³-hybridized carbons (Fsp3) is 0.241. The van der Waals surface area contributed by atoms with Crippen LogP contribution in [-0.4, -0.2) is 24.7 Å². The lowest BCUT2D eigenvalue weighted by Gasteiger charge is -2.22. The molecule has 0 saturated heterocycles. The van der Waals surface area contributed by atoms with Crippen LogP contribution in [0.3, 0.4) is 0 Å². The lowest BCUT2D eigenvalue weighted by atomic mass is 9.85. The number of pyridine rings is 2. The Hall–Kier alpha value is -3.48. The molecule has 188 valence electrons. The van der Waals surface area contributed by atoms with Crippen molar-refractivity contribution in [2.75, 3.05) is 0 Å². The van der Waals surface area contributed by atoms with Gasteiger partial charge in [0.05, 0.1) is 16.6 Å². The zero-order chi connectivity index (χ0) is 26.3. The van der Waals surface area contributed by atoms with Crippen molar-refractivity contribution in [2.24, 2.45) is 7.05 Å². The minimum absolute atomic E-state index is 0.0703. The summed E-state index contributed by atoms with van der Waals surface area (Å²) < 4.78 is 8.03. The summed E-state index contributed by atoms with van der Waals surface area (Å²) in [6.45, 7) is 8.94. The van der Waals surface area contributed by atoms with Crippen LogP contribution in [0.5, 0.6) is 5.75 Å². The number of ether oxygens (including phenoxy) is 1. The number of fused-ring (bicyclic) bond motifs is 1. The normalized spacial score (nSPS) is 11.8. The summed E-state index contributed by atoms with van der Waals surface area (Å²) >= 11 is 12.9. The Morgan fingerprint density at radius 1 is 0.973 bits per heavy atom. The van der Waals surface area contributed by atoms with E-state index in [9.17, 15) is 0 Å². The van der Waals surface area contributed by atoms with Gasteiger partial charge in [-0.25, -0.2) is 9.67 Å². The van der Waals surface area contributed by atoms with Crippen molar-refractivity contribution in [3.05, 3.63) is 87.8 Å². The van der Waals surface area contributed by atoms with Crippen molar-refractivity contribution in [1.82, 2.24) is 24.7 Å². The van der Waals surface area contributed by atoms with E-state index in [1.165, 1.54) is 0 Å². The molecule has 5 rings (SSSR count). The van der Waals surface area contributed by atoms with Gasteiger partial charge in [-0.1, -0.05) is 68.8 Å². The zero-order valence-corrected chi connectivity index (χ0v) is 22.9. The number of aromatic nitrogens is 5. The summed E-state index contributed by atoms with van der Waals surface area (Å²) in [6.07, 6.45) is 1.71. The zero-order valence-electron chi connectivity index (χ0n) is 21.4. The number of halogens is 2. The van der Waals surface area contributed by atoms with Gasteiger partial charge in [0.1, 0.15) is 18.1 Å². The largest absolute Gasteiger partial charge is 0.488 e. The first-order valence-corrected chi connectivity index (χ1v) is 12.7. The number of aryl methyl sites for hydroxylation is 2. The lowest BCUT2D eigenvalue weighted by molar-refractivity contribution is 0.310. The minimum atomic E-state index is -0.0703.